The molecule has 2 N–H and O–H groups in total. The monoisotopic (exact) mass is 503 g/mol. The number of carbonyl (C=O) groups is 2. The van der Waals surface area contributed by atoms with Crippen molar-refractivity contribution in [1.29, 1.82) is 0 Å². The van der Waals surface area contributed by atoms with E-state index in [1.165, 1.54) is 48.5 Å². The van der Waals surface area contributed by atoms with Crippen LogP contribution >= 0.6 is 11.6 Å². The Morgan fingerprint density at radius 2 is 2.00 bits per heavy atom. The van der Waals surface area contributed by atoms with Crippen LogP contribution in [-0.4, -0.2) is 34.6 Å². The first kappa shape index (κ1) is 26.3. The first-order valence-corrected chi connectivity index (χ1v) is 11.4. The Morgan fingerprint density at radius 1 is 1.20 bits per heavy atom. The summed E-state index contributed by atoms with van der Waals surface area (Å²) in [5.74, 6) is -1.07. The number of anilines is 1. The molecule has 2 aromatic carbocycles. The SMILES string of the molecule is [CH2]CCC[C@@H](COC(=O)Nc1cc2cc(F)ccc2cn1)N(NCc1cccc(F)c1Cl)C(C)=O. The predicted octanol–water partition coefficient (Wildman–Crippen LogP) is 5.64. The molecule has 7 nitrogen and oxygen atoms in total. The zero-order chi connectivity index (χ0) is 25.4. The summed E-state index contributed by atoms with van der Waals surface area (Å²) in [4.78, 5) is 28.9. The molecular formula is C25H26ClF2N4O3. The number of rotatable bonds is 10. The fourth-order valence-corrected chi connectivity index (χ4v) is 3.71. The van der Waals surface area contributed by atoms with Gasteiger partial charge in [-0.3, -0.25) is 15.1 Å². The molecule has 35 heavy (non-hydrogen) atoms. The highest BCUT2D eigenvalue weighted by molar-refractivity contribution is 6.31. The molecule has 0 aliphatic rings. The Balaban J connectivity index is 1.65. The molecule has 10 heteroatoms. The number of hydrogen-bond donors (Lipinski definition) is 2. The minimum atomic E-state index is -0.774. The summed E-state index contributed by atoms with van der Waals surface area (Å²) in [5.41, 5.74) is 3.44. The molecule has 0 fully saturated rings. The van der Waals surface area contributed by atoms with E-state index in [0.717, 1.165) is 5.39 Å². The number of nitrogens with one attached hydrogen (secondary N) is 2. The Hall–Kier alpha value is -3.30. The molecule has 0 saturated carbocycles. The molecule has 1 atom stereocenters. The maximum Gasteiger partial charge on any atom is 0.412 e. The Labute approximate surface area is 207 Å². The summed E-state index contributed by atoms with van der Waals surface area (Å²) in [5, 5.41) is 5.13. The van der Waals surface area contributed by atoms with Crippen molar-refractivity contribution in [3.63, 3.8) is 0 Å². The highest BCUT2D eigenvalue weighted by Gasteiger charge is 2.23. The number of hydrogen-bond acceptors (Lipinski definition) is 5. The van der Waals surface area contributed by atoms with Gasteiger partial charge in [-0.15, -0.1) is 0 Å². The van der Waals surface area contributed by atoms with E-state index in [9.17, 15) is 18.4 Å². The summed E-state index contributed by atoms with van der Waals surface area (Å²) in [7, 11) is 0. The zero-order valence-corrected chi connectivity index (χ0v) is 19.9. The lowest BCUT2D eigenvalue weighted by Crippen LogP contribution is -2.50. The number of fused-ring (bicyclic) bond motifs is 1. The first-order valence-electron chi connectivity index (χ1n) is 11.0. The van der Waals surface area contributed by atoms with Crippen molar-refractivity contribution in [3.8, 4) is 0 Å². The van der Waals surface area contributed by atoms with Gasteiger partial charge >= 0.3 is 6.09 Å². The summed E-state index contributed by atoms with van der Waals surface area (Å²) in [6.45, 7) is 5.18. The van der Waals surface area contributed by atoms with Crippen LogP contribution < -0.4 is 10.7 Å². The largest absolute Gasteiger partial charge is 0.447 e. The van der Waals surface area contributed by atoms with Gasteiger partial charge in [-0.2, -0.15) is 0 Å². The third kappa shape index (κ3) is 7.34. The summed E-state index contributed by atoms with van der Waals surface area (Å²) >= 11 is 6.01. The van der Waals surface area contributed by atoms with E-state index >= 15 is 0 Å². The second kappa shape index (κ2) is 12.4. The molecule has 1 aromatic heterocycles. The summed E-state index contributed by atoms with van der Waals surface area (Å²) < 4.78 is 32.6. The third-order valence-corrected chi connectivity index (χ3v) is 5.71. The Bertz CT molecular complexity index is 1190. The van der Waals surface area contributed by atoms with Crippen molar-refractivity contribution in [2.24, 2.45) is 0 Å². The number of carbonyl (C=O) groups excluding carboxylic acids is 2. The van der Waals surface area contributed by atoms with Gasteiger partial charge in [-0.1, -0.05) is 43.5 Å². The molecule has 1 radical (unpaired) electrons. The average molecular weight is 504 g/mol. The van der Waals surface area contributed by atoms with Crippen LogP contribution in [-0.2, 0) is 16.1 Å². The van der Waals surface area contributed by atoms with Crippen molar-refractivity contribution in [2.75, 3.05) is 11.9 Å². The van der Waals surface area contributed by atoms with E-state index in [-0.39, 0.29) is 29.9 Å². The number of nitrogens with zero attached hydrogens (tertiary/aromatic N) is 2. The maximum atomic E-state index is 13.7. The van der Waals surface area contributed by atoms with Crippen molar-refractivity contribution in [1.82, 2.24) is 15.4 Å². The van der Waals surface area contributed by atoms with Crippen molar-refractivity contribution in [3.05, 3.63) is 77.8 Å². The molecule has 0 bridgehead atoms. The van der Waals surface area contributed by atoms with Crippen LogP contribution in [0.1, 0.15) is 31.7 Å². The Kier molecular flexibility index (Phi) is 9.33. The maximum absolute atomic E-state index is 13.7. The second-order valence-corrected chi connectivity index (χ2v) is 8.25. The topological polar surface area (TPSA) is 83.6 Å². The lowest BCUT2D eigenvalue weighted by molar-refractivity contribution is -0.136. The van der Waals surface area contributed by atoms with Crippen LogP contribution in [0.15, 0.2) is 48.7 Å². The molecule has 185 valence electrons. The van der Waals surface area contributed by atoms with Gasteiger partial charge in [0.1, 0.15) is 24.1 Å². The summed E-state index contributed by atoms with van der Waals surface area (Å²) in [6.07, 6.45) is 2.56. The van der Waals surface area contributed by atoms with E-state index < -0.39 is 23.8 Å². The first-order chi connectivity index (χ1) is 16.8. The Morgan fingerprint density at radius 3 is 2.74 bits per heavy atom. The number of ether oxygens (including phenoxy) is 1. The fraction of sp³-hybridized carbons (Fsp3) is 0.280. The van der Waals surface area contributed by atoms with Gasteiger partial charge in [0.25, 0.3) is 0 Å². The normalized spacial score (nSPS) is 11.8. The number of halogens is 3. The highest BCUT2D eigenvalue weighted by atomic mass is 35.5. The van der Waals surface area contributed by atoms with Crippen LogP contribution in [0, 0.1) is 18.6 Å². The van der Waals surface area contributed by atoms with E-state index in [4.69, 9.17) is 16.3 Å². The minimum absolute atomic E-state index is 0.0313. The number of aromatic nitrogens is 1. The molecule has 0 aliphatic carbocycles. The molecule has 2 amide bonds. The van der Waals surface area contributed by atoms with Crippen LogP contribution in [0.25, 0.3) is 10.8 Å². The standard InChI is InChI=1S/C25H26ClF2N4O3/c1-3-4-7-21(32(16(2)33)30-14-18-6-5-8-22(28)24(18)26)15-35-25(34)31-23-12-19-11-20(27)10-9-17(19)13-29-23/h5-6,8-13,21,30H,1,3-4,7,14-15H2,2H3,(H,29,31,34)/t21-/m0/s1. The molecule has 0 spiro atoms. The second-order valence-electron chi connectivity index (χ2n) is 7.87. The zero-order valence-electron chi connectivity index (χ0n) is 19.2. The smallest absolute Gasteiger partial charge is 0.412 e. The van der Waals surface area contributed by atoms with Gasteiger partial charge in [0.05, 0.1) is 11.1 Å². The number of pyridine rings is 1. The van der Waals surface area contributed by atoms with Crippen LogP contribution in [0.5, 0.6) is 0 Å². The molecule has 1 heterocycles. The van der Waals surface area contributed by atoms with Crippen LogP contribution in [0.2, 0.25) is 5.02 Å². The molecular weight excluding hydrogens is 478 g/mol. The summed E-state index contributed by atoms with van der Waals surface area (Å²) in [6, 6.07) is 9.70. The molecule has 0 unspecified atom stereocenters. The van der Waals surface area contributed by atoms with Crippen molar-refractivity contribution in [2.45, 2.75) is 38.8 Å². The fourth-order valence-electron chi connectivity index (χ4n) is 3.51. The molecule has 3 aromatic rings. The van der Waals surface area contributed by atoms with E-state index in [1.807, 2.05) is 0 Å². The van der Waals surface area contributed by atoms with Gasteiger partial charge in [-0.25, -0.2) is 24.0 Å². The number of unbranched alkanes of at least 4 members (excludes halogenated alkanes) is 1. The van der Waals surface area contributed by atoms with E-state index in [1.54, 1.807) is 12.1 Å². The van der Waals surface area contributed by atoms with Gasteiger partial charge in [-0.05, 0) is 47.7 Å². The highest BCUT2D eigenvalue weighted by Crippen LogP contribution is 2.20. The number of hydrazine groups is 1. The van der Waals surface area contributed by atoms with Gasteiger partial charge in [0.2, 0.25) is 5.91 Å². The van der Waals surface area contributed by atoms with Gasteiger partial charge < -0.3 is 4.74 Å². The minimum Gasteiger partial charge on any atom is -0.447 e. The average Bonchev–Trinajstić information content (AvgIpc) is 2.82. The number of amides is 2. The number of benzene rings is 2. The van der Waals surface area contributed by atoms with Crippen LogP contribution in [0.4, 0.5) is 19.4 Å². The molecule has 0 saturated heterocycles. The quantitative estimate of drug-likeness (QED) is 0.350. The van der Waals surface area contributed by atoms with Crippen molar-refractivity contribution >= 4 is 40.2 Å². The third-order valence-electron chi connectivity index (χ3n) is 5.28. The molecule has 0 aliphatic heterocycles. The van der Waals surface area contributed by atoms with E-state index in [0.29, 0.717) is 30.2 Å². The van der Waals surface area contributed by atoms with Gasteiger partial charge in [0, 0.05) is 25.1 Å². The predicted molar refractivity (Wildman–Crippen MR) is 130 cm³/mol. The van der Waals surface area contributed by atoms with E-state index in [2.05, 4.69) is 22.7 Å². The van der Waals surface area contributed by atoms with Gasteiger partial charge in [0.15, 0.2) is 0 Å². The lowest BCUT2D eigenvalue weighted by atomic mass is 10.1. The molecule has 3 rings (SSSR count). The van der Waals surface area contributed by atoms with Crippen LogP contribution in [0.3, 0.4) is 0 Å². The van der Waals surface area contributed by atoms with Crippen molar-refractivity contribution < 1.29 is 23.1 Å². The lowest BCUT2D eigenvalue weighted by Gasteiger charge is -2.31.